The molecule has 1 rings (SSSR count). The first-order valence-corrected chi connectivity index (χ1v) is 5.75. The van der Waals surface area contributed by atoms with E-state index in [1.807, 2.05) is 0 Å². The van der Waals surface area contributed by atoms with Crippen LogP contribution in [0.3, 0.4) is 0 Å². The number of rotatable bonds is 6. The number of nitrogens with one attached hydrogen (secondary N) is 1. The Morgan fingerprint density at radius 1 is 1.42 bits per heavy atom. The lowest BCUT2D eigenvalue weighted by atomic mass is 10.3. The lowest BCUT2D eigenvalue weighted by Crippen LogP contribution is -2.36. The molecular formula is C10H14ClF3N4O. The Labute approximate surface area is 113 Å². The number of halogens is 4. The predicted octanol–water partition coefficient (Wildman–Crippen LogP) is 1.38. The molecule has 0 unspecified atom stereocenters. The number of nitrogen functional groups attached to an aromatic ring is 1. The van der Waals surface area contributed by atoms with Gasteiger partial charge >= 0.3 is 6.18 Å². The highest BCUT2D eigenvalue weighted by atomic mass is 35.5. The summed E-state index contributed by atoms with van der Waals surface area (Å²) in [7, 11) is 0. The average molecular weight is 299 g/mol. The van der Waals surface area contributed by atoms with E-state index in [0.29, 0.717) is 5.82 Å². The third kappa shape index (κ3) is 5.60. The number of aliphatic hydroxyl groups is 1. The number of aromatic nitrogens is 1. The first kappa shape index (κ1) is 16.0. The summed E-state index contributed by atoms with van der Waals surface area (Å²) in [6.45, 7) is -1.79. The molecule has 0 bridgehead atoms. The Balaban J connectivity index is 2.83. The number of pyridine rings is 1. The number of aliphatic hydroxyl groups excluding tert-OH is 1. The Kier molecular flexibility index (Phi) is 5.80. The third-order valence-corrected chi connectivity index (χ3v) is 2.60. The molecule has 0 spiro atoms. The minimum absolute atomic E-state index is 0.127. The van der Waals surface area contributed by atoms with E-state index in [4.69, 9.17) is 22.6 Å². The van der Waals surface area contributed by atoms with Crippen molar-refractivity contribution in [1.82, 2.24) is 9.88 Å². The first-order chi connectivity index (χ1) is 8.85. The SMILES string of the molecule is NNc1ccc(Cl)c(CN(CCO)CC(F)(F)F)n1. The summed E-state index contributed by atoms with van der Waals surface area (Å²) < 4.78 is 37.1. The molecule has 0 radical (unpaired) electrons. The van der Waals surface area contributed by atoms with Crippen LogP contribution in [0.15, 0.2) is 12.1 Å². The minimum atomic E-state index is -4.36. The lowest BCUT2D eigenvalue weighted by Gasteiger charge is -2.22. The fourth-order valence-electron chi connectivity index (χ4n) is 1.50. The number of nitrogens with zero attached hydrogens (tertiary/aromatic N) is 2. The van der Waals surface area contributed by atoms with Gasteiger partial charge in [-0.05, 0) is 12.1 Å². The molecule has 19 heavy (non-hydrogen) atoms. The van der Waals surface area contributed by atoms with Crippen LogP contribution in [-0.4, -0.2) is 40.9 Å². The smallest absolute Gasteiger partial charge is 0.395 e. The summed E-state index contributed by atoms with van der Waals surface area (Å²) in [5.41, 5.74) is 2.55. The van der Waals surface area contributed by atoms with E-state index < -0.39 is 12.7 Å². The maximum atomic E-state index is 12.4. The van der Waals surface area contributed by atoms with Crippen LogP contribution in [0.2, 0.25) is 5.02 Å². The zero-order valence-corrected chi connectivity index (χ0v) is 10.7. The molecule has 0 saturated carbocycles. The molecule has 9 heteroatoms. The van der Waals surface area contributed by atoms with Gasteiger partial charge in [-0.1, -0.05) is 11.6 Å². The maximum absolute atomic E-state index is 12.4. The Morgan fingerprint density at radius 3 is 2.63 bits per heavy atom. The van der Waals surface area contributed by atoms with Crippen molar-refractivity contribution in [3.63, 3.8) is 0 Å². The van der Waals surface area contributed by atoms with Gasteiger partial charge in [-0.15, -0.1) is 0 Å². The van der Waals surface area contributed by atoms with E-state index in [9.17, 15) is 13.2 Å². The average Bonchev–Trinajstić information content (AvgIpc) is 2.30. The Bertz CT molecular complexity index is 416. The van der Waals surface area contributed by atoms with E-state index in [-0.39, 0.29) is 30.4 Å². The van der Waals surface area contributed by atoms with Crippen LogP contribution in [0.1, 0.15) is 5.69 Å². The molecule has 5 nitrogen and oxygen atoms in total. The van der Waals surface area contributed by atoms with Gasteiger partial charge in [-0.25, -0.2) is 10.8 Å². The van der Waals surface area contributed by atoms with Crippen LogP contribution >= 0.6 is 11.6 Å². The second kappa shape index (κ2) is 6.90. The highest BCUT2D eigenvalue weighted by Gasteiger charge is 2.30. The Morgan fingerprint density at radius 2 is 2.11 bits per heavy atom. The fraction of sp³-hybridized carbons (Fsp3) is 0.500. The van der Waals surface area contributed by atoms with Crippen LogP contribution in [-0.2, 0) is 6.54 Å². The quantitative estimate of drug-likeness (QED) is 0.546. The maximum Gasteiger partial charge on any atom is 0.401 e. The molecule has 0 atom stereocenters. The summed E-state index contributed by atoms with van der Waals surface area (Å²) in [5, 5.41) is 9.03. The van der Waals surface area contributed by atoms with Crippen molar-refractivity contribution in [2.24, 2.45) is 5.84 Å². The van der Waals surface area contributed by atoms with Crippen molar-refractivity contribution >= 4 is 17.4 Å². The molecule has 1 aromatic rings. The predicted molar refractivity (Wildman–Crippen MR) is 65.5 cm³/mol. The number of alkyl halides is 3. The van der Waals surface area contributed by atoms with Crippen LogP contribution < -0.4 is 11.3 Å². The van der Waals surface area contributed by atoms with Gasteiger partial charge in [0.15, 0.2) is 0 Å². The number of anilines is 1. The van der Waals surface area contributed by atoms with Crippen LogP contribution in [0.4, 0.5) is 19.0 Å². The minimum Gasteiger partial charge on any atom is -0.395 e. The highest BCUT2D eigenvalue weighted by Crippen LogP contribution is 2.21. The lowest BCUT2D eigenvalue weighted by molar-refractivity contribution is -0.148. The normalized spacial score (nSPS) is 11.9. The Hall–Kier alpha value is -1.09. The van der Waals surface area contributed by atoms with Gasteiger partial charge in [0.1, 0.15) is 5.82 Å². The van der Waals surface area contributed by atoms with Gasteiger partial charge in [0.25, 0.3) is 0 Å². The molecule has 1 aromatic heterocycles. The van der Waals surface area contributed by atoms with Gasteiger partial charge < -0.3 is 10.5 Å². The number of hydrazine groups is 1. The molecule has 0 aromatic carbocycles. The monoisotopic (exact) mass is 298 g/mol. The molecule has 0 aliphatic heterocycles. The zero-order chi connectivity index (χ0) is 14.5. The van der Waals surface area contributed by atoms with Crippen molar-refractivity contribution in [3.8, 4) is 0 Å². The topological polar surface area (TPSA) is 74.4 Å². The van der Waals surface area contributed by atoms with Gasteiger partial charge in [0, 0.05) is 13.1 Å². The molecular weight excluding hydrogens is 285 g/mol. The van der Waals surface area contributed by atoms with E-state index in [0.717, 1.165) is 4.90 Å². The first-order valence-electron chi connectivity index (χ1n) is 5.37. The summed E-state index contributed by atoms with van der Waals surface area (Å²) in [5.74, 6) is 5.47. The van der Waals surface area contributed by atoms with Gasteiger partial charge in [0.05, 0.1) is 23.9 Å². The van der Waals surface area contributed by atoms with Crippen LogP contribution in [0.5, 0.6) is 0 Å². The molecule has 0 amide bonds. The molecule has 0 fully saturated rings. The van der Waals surface area contributed by atoms with E-state index >= 15 is 0 Å². The van der Waals surface area contributed by atoms with Crippen LogP contribution in [0.25, 0.3) is 0 Å². The van der Waals surface area contributed by atoms with Gasteiger partial charge in [-0.2, -0.15) is 13.2 Å². The van der Waals surface area contributed by atoms with Crippen LogP contribution in [0, 0.1) is 0 Å². The molecule has 1 heterocycles. The van der Waals surface area contributed by atoms with Crippen molar-refractivity contribution in [2.45, 2.75) is 12.7 Å². The molecule has 0 saturated heterocycles. The van der Waals surface area contributed by atoms with E-state index in [1.54, 1.807) is 0 Å². The van der Waals surface area contributed by atoms with Crippen molar-refractivity contribution in [3.05, 3.63) is 22.8 Å². The highest BCUT2D eigenvalue weighted by molar-refractivity contribution is 6.31. The van der Waals surface area contributed by atoms with E-state index in [1.165, 1.54) is 12.1 Å². The molecule has 108 valence electrons. The summed E-state index contributed by atoms with van der Waals surface area (Å²) in [4.78, 5) is 4.99. The summed E-state index contributed by atoms with van der Waals surface area (Å²) >= 11 is 5.87. The van der Waals surface area contributed by atoms with E-state index in [2.05, 4.69) is 10.4 Å². The summed E-state index contributed by atoms with van der Waals surface area (Å²) in [6.07, 6.45) is -4.36. The third-order valence-electron chi connectivity index (χ3n) is 2.26. The second-order valence-corrected chi connectivity index (χ2v) is 4.23. The fourth-order valence-corrected chi connectivity index (χ4v) is 1.66. The molecule has 4 N–H and O–H groups in total. The number of hydrogen-bond acceptors (Lipinski definition) is 5. The molecule has 0 aliphatic carbocycles. The standard InChI is InChI=1S/C10H14ClF3N4O/c11-7-1-2-9(17-15)16-8(7)5-18(3-4-19)6-10(12,13)14/h1-2,19H,3-6,15H2,(H,16,17). The van der Waals surface area contributed by atoms with Gasteiger partial charge in [0.2, 0.25) is 0 Å². The molecule has 0 aliphatic rings. The number of hydrogen-bond donors (Lipinski definition) is 3. The zero-order valence-electron chi connectivity index (χ0n) is 9.91. The van der Waals surface area contributed by atoms with Crippen molar-refractivity contribution in [2.75, 3.05) is 25.1 Å². The summed E-state index contributed by atoms with van der Waals surface area (Å²) in [6, 6.07) is 3.00. The van der Waals surface area contributed by atoms with Gasteiger partial charge in [-0.3, -0.25) is 4.90 Å². The van der Waals surface area contributed by atoms with Crippen molar-refractivity contribution in [1.29, 1.82) is 0 Å². The number of nitrogens with two attached hydrogens (primary N) is 1. The second-order valence-electron chi connectivity index (χ2n) is 3.82. The largest absolute Gasteiger partial charge is 0.401 e. The van der Waals surface area contributed by atoms with Crippen molar-refractivity contribution < 1.29 is 18.3 Å².